The summed E-state index contributed by atoms with van der Waals surface area (Å²) < 4.78 is 0. The van der Waals surface area contributed by atoms with Crippen LogP contribution in [0.5, 0.6) is 0 Å². The second-order valence-corrected chi connectivity index (χ2v) is 10.2. The Labute approximate surface area is 186 Å². The largest absolute Gasteiger partial charge is 0.370 e. The third-order valence-electron chi connectivity index (χ3n) is 7.16. The highest BCUT2D eigenvalue weighted by molar-refractivity contribution is 5.76. The molecule has 7 unspecified atom stereocenters. The first kappa shape index (κ1) is 25.0. The Morgan fingerprint density at radius 3 is 2.53 bits per heavy atom. The van der Waals surface area contributed by atoms with E-state index in [1.165, 1.54) is 44.9 Å². The zero-order valence-electron chi connectivity index (χ0n) is 20.2. The summed E-state index contributed by atoms with van der Waals surface area (Å²) in [6, 6.07) is 0.933. The second-order valence-electron chi connectivity index (χ2n) is 10.2. The normalized spacial score (nSPS) is 29.3. The molecule has 5 N–H and O–H groups in total. The standard InChI is InChI=1S/C26H48N4/c1-6-8-19(4)25-17-22(25)16-24(30-26(27)28)15-20(5)29-23(7-2)14-13-21-11-9-18(3)10-12-21/h9,11,16,18-23,25,29H,6-8,10,12-15,17H2,1-5H3,(H4,27,28,30). The van der Waals surface area contributed by atoms with Crippen molar-refractivity contribution in [2.45, 2.75) is 104 Å². The highest BCUT2D eigenvalue weighted by Gasteiger charge is 2.39. The van der Waals surface area contributed by atoms with Gasteiger partial charge in [-0.2, -0.15) is 0 Å². The molecule has 1 saturated carbocycles. The molecule has 0 radical (unpaired) electrons. The van der Waals surface area contributed by atoms with Gasteiger partial charge in [-0.1, -0.05) is 58.8 Å². The van der Waals surface area contributed by atoms with Gasteiger partial charge in [0.25, 0.3) is 0 Å². The summed E-state index contributed by atoms with van der Waals surface area (Å²) in [7, 11) is 0. The topological polar surface area (TPSA) is 76.4 Å². The highest BCUT2D eigenvalue weighted by atomic mass is 15.0. The molecule has 0 saturated heterocycles. The van der Waals surface area contributed by atoms with Crippen LogP contribution in [0.1, 0.15) is 92.4 Å². The van der Waals surface area contributed by atoms with Gasteiger partial charge in [-0.25, -0.2) is 4.99 Å². The molecule has 2 aliphatic carbocycles. The summed E-state index contributed by atoms with van der Waals surface area (Å²) in [5.41, 5.74) is 12.5. The number of nitrogens with zero attached hydrogens (tertiary/aromatic N) is 1. The lowest BCUT2D eigenvalue weighted by Gasteiger charge is -2.26. The first-order valence-electron chi connectivity index (χ1n) is 12.6. The Morgan fingerprint density at radius 1 is 1.17 bits per heavy atom. The van der Waals surface area contributed by atoms with E-state index in [0.717, 1.165) is 42.2 Å². The molecular formula is C26H48N4. The van der Waals surface area contributed by atoms with Crippen molar-refractivity contribution >= 4 is 5.96 Å². The molecule has 0 aromatic rings. The summed E-state index contributed by atoms with van der Waals surface area (Å²) in [6.45, 7) is 11.5. The van der Waals surface area contributed by atoms with Crippen molar-refractivity contribution in [3.63, 3.8) is 0 Å². The molecule has 2 rings (SSSR count). The third kappa shape index (κ3) is 8.83. The second kappa shape index (κ2) is 12.5. The van der Waals surface area contributed by atoms with Gasteiger partial charge in [-0.15, -0.1) is 0 Å². The number of hydrogen-bond acceptors (Lipinski definition) is 2. The summed E-state index contributed by atoms with van der Waals surface area (Å²) in [5, 5.41) is 3.85. The fraction of sp³-hybridized carbons (Fsp3) is 0.808. The van der Waals surface area contributed by atoms with Crippen molar-refractivity contribution in [2.24, 2.45) is 46.0 Å². The van der Waals surface area contributed by atoms with Crippen LogP contribution < -0.4 is 16.8 Å². The number of aliphatic imine (C=N–C) groups is 1. The van der Waals surface area contributed by atoms with E-state index in [1.807, 2.05) is 0 Å². The van der Waals surface area contributed by atoms with Gasteiger partial charge in [-0.05, 0) is 75.0 Å². The van der Waals surface area contributed by atoms with E-state index in [-0.39, 0.29) is 5.96 Å². The van der Waals surface area contributed by atoms with Gasteiger partial charge in [0.1, 0.15) is 0 Å². The van der Waals surface area contributed by atoms with E-state index in [2.05, 4.69) is 63.2 Å². The van der Waals surface area contributed by atoms with Crippen LogP contribution in [0.25, 0.3) is 0 Å². The maximum absolute atomic E-state index is 5.73. The number of hydrogen-bond donors (Lipinski definition) is 3. The van der Waals surface area contributed by atoms with Crippen molar-refractivity contribution < 1.29 is 0 Å². The quantitative estimate of drug-likeness (QED) is 0.203. The smallest absolute Gasteiger partial charge is 0.190 e. The number of nitrogens with one attached hydrogen (secondary N) is 1. The number of allylic oxidation sites excluding steroid dienone is 3. The first-order valence-corrected chi connectivity index (χ1v) is 12.6. The van der Waals surface area contributed by atoms with Gasteiger partial charge >= 0.3 is 0 Å². The molecule has 4 heteroatoms. The van der Waals surface area contributed by atoms with Crippen molar-refractivity contribution in [1.29, 1.82) is 0 Å². The Kier molecular flexibility index (Phi) is 10.4. The lowest BCUT2D eigenvalue weighted by molar-refractivity contribution is 0.364. The molecule has 4 nitrogen and oxygen atoms in total. The Hall–Kier alpha value is -1.29. The fourth-order valence-corrected chi connectivity index (χ4v) is 5.17. The summed E-state index contributed by atoms with van der Waals surface area (Å²) in [5.74, 6) is 3.97. The van der Waals surface area contributed by atoms with Gasteiger partial charge in [-0.3, -0.25) is 0 Å². The minimum atomic E-state index is 0.178. The molecule has 0 bridgehead atoms. The van der Waals surface area contributed by atoms with Crippen LogP contribution in [0.3, 0.4) is 0 Å². The van der Waals surface area contributed by atoms with Crippen LogP contribution >= 0.6 is 0 Å². The SMILES string of the molecule is CCCC(C)C1CC1C=C(CC(C)NC(CC)CCC1C=CC(C)CC1)N=C(N)N. The Bertz CT molecular complexity index is 590. The molecule has 0 heterocycles. The molecule has 7 atom stereocenters. The Balaban J connectivity index is 1.85. The van der Waals surface area contributed by atoms with E-state index in [1.54, 1.807) is 0 Å². The third-order valence-corrected chi connectivity index (χ3v) is 7.16. The van der Waals surface area contributed by atoms with E-state index in [9.17, 15) is 0 Å². The summed E-state index contributed by atoms with van der Waals surface area (Å²) in [4.78, 5) is 4.48. The van der Waals surface area contributed by atoms with Gasteiger partial charge in [0.05, 0.1) is 0 Å². The fourth-order valence-electron chi connectivity index (χ4n) is 5.17. The molecule has 172 valence electrons. The van der Waals surface area contributed by atoms with E-state index in [4.69, 9.17) is 11.5 Å². The monoisotopic (exact) mass is 416 g/mol. The molecule has 2 aliphatic rings. The lowest BCUT2D eigenvalue weighted by atomic mass is 9.86. The molecule has 0 amide bonds. The van der Waals surface area contributed by atoms with Crippen LogP contribution in [0.15, 0.2) is 28.9 Å². The molecule has 0 aromatic carbocycles. The minimum absolute atomic E-state index is 0.178. The van der Waals surface area contributed by atoms with Crippen molar-refractivity contribution in [3.05, 3.63) is 23.9 Å². The van der Waals surface area contributed by atoms with E-state index < -0.39 is 0 Å². The molecule has 1 fully saturated rings. The van der Waals surface area contributed by atoms with Crippen LogP contribution in [0.4, 0.5) is 0 Å². The van der Waals surface area contributed by atoms with Gasteiger partial charge < -0.3 is 16.8 Å². The average Bonchev–Trinajstić information content (AvgIpc) is 3.45. The zero-order chi connectivity index (χ0) is 22.1. The highest BCUT2D eigenvalue weighted by Crippen LogP contribution is 2.47. The molecule has 30 heavy (non-hydrogen) atoms. The van der Waals surface area contributed by atoms with Crippen molar-refractivity contribution in [1.82, 2.24) is 5.32 Å². The first-order chi connectivity index (χ1) is 14.3. The van der Waals surface area contributed by atoms with Gasteiger partial charge in [0, 0.05) is 24.2 Å². The maximum Gasteiger partial charge on any atom is 0.190 e. The lowest BCUT2D eigenvalue weighted by Crippen LogP contribution is -2.37. The van der Waals surface area contributed by atoms with Crippen LogP contribution in [-0.2, 0) is 0 Å². The van der Waals surface area contributed by atoms with Gasteiger partial charge in [0.15, 0.2) is 5.96 Å². The van der Waals surface area contributed by atoms with Crippen LogP contribution in [0, 0.1) is 29.6 Å². The molecule has 0 aliphatic heterocycles. The summed E-state index contributed by atoms with van der Waals surface area (Å²) in [6.07, 6.45) is 18.4. The predicted molar refractivity (Wildman–Crippen MR) is 131 cm³/mol. The molecular weight excluding hydrogens is 368 g/mol. The van der Waals surface area contributed by atoms with Crippen LogP contribution in [0.2, 0.25) is 0 Å². The zero-order valence-corrected chi connectivity index (χ0v) is 20.2. The Morgan fingerprint density at radius 2 is 1.93 bits per heavy atom. The average molecular weight is 417 g/mol. The summed E-state index contributed by atoms with van der Waals surface area (Å²) >= 11 is 0. The number of guanidine groups is 1. The molecule has 0 spiro atoms. The molecule has 0 aromatic heterocycles. The maximum atomic E-state index is 5.73. The number of rotatable bonds is 13. The predicted octanol–water partition coefficient (Wildman–Crippen LogP) is 5.75. The van der Waals surface area contributed by atoms with Gasteiger partial charge in [0.2, 0.25) is 0 Å². The van der Waals surface area contributed by atoms with Crippen molar-refractivity contribution in [3.8, 4) is 0 Å². The van der Waals surface area contributed by atoms with Crippen LogP contribution in [-0.4, -0.2) is 18.0 Å². The number of nitrogens with two attached hydrogens (primary N) is 2. The van der Waals surface area contributed by atoms with E-state index >= 15 is 0 Å². The van der Waals surface area contributed by atoms with E-state index in [0.29, 0.717) is 18.0 Å². The van der Waals surface area contributed by atoms with Crippen molar-refractivity contribution in [2.75, 3.05) is 0 Å². The minimum Gasteiger partial charge on any atom is -0.370 e.